The molecule has 1 unspecified atom stereocenters. The van der Waals surface area contributed by atoms with Crippen LogP contribution in [0.25, 0.3) is 10.9 Å². The summed E-state index contributed by atoms with van der Waals surface area (Å²) in [5.41, 5.74) is 1.02. The van der Waals surface area contributed by atoms with Crippen LogP contribution in [-0.2, 0) is 0 Å². The molecule has 0 saturated carbocycles. The molecule has 4 heteroatoms. The highest BCUT2D eigenvalue weighted by atomic mass is 32.2. The maximum absolute atomic E-state index is 4.37. The zero-order valence-corrected chi connectivity index (χ0v) is 11.5. The third kappa shape index (κ3) is 3.13. The van der Waals surface area contributed by atoms with Crippen LogP contribution in [0.1, 0.15) is 13.3 Å². The Hall–Kier alpha value is -0.740. The third-order valence-corrected chi connectivity index (χ3v) is 4.55. The van der Waals surface area contributed by atoms with Gasteiger partial charge in [-0.15, -0.1) is 11.8 Å². The second-order valence-electron chi connectivity index (χ2n) is 3.96. The van der Waals surface area contributed by atoms with Crippen LogP contribution in [-0.4, -0.2) is 21.5 Å². The molecule has 2 nitrogen and oxygen atoms in total. The van der Waals surface area contributed by atoms with Crippen molar-refractivity contribution in [1.29, 1.82) is 0 Å². The molecule has 0 aliphatic rings. The van der Waals surface area contributed by atoms with Crippen molar-refractivity contribution < 1.29 is 0 Å². The standard InChI is InChI=1S/C13H16N2S2/c1-2-10(7-16)8-17-13-11-5-3-4-6-12(11)14-9-15-13/h3-6,9-10,16H,2,7-8H2,1H3. The monoisotopic (exact) mass is 264 g/mol. The van der Waals surface area contributed by atoms with E-state index >= 15 is 0 Å². The summed E-state index contributed by atoms with van der Waals surface area (Å²) in [5, 5.41) is 2.23. The van der Waals surface area contributed by atoms with Gasteiger partial charge in [-0.3, -0.25) is 0 Å². The van der Waals surface area contributed by atoms with Crippen molar-refractivity contribution in [2.45, 2.75) is 18.4 Å². The zero-order valence-electron chi connectivity index (χ0n) is 9.84. The van der Waals surface area contributed by atoms with Gasteiger partial charge in [0.2, 0.25) is 0 Å². The Morgan fingerprint density at radius 1 is 1.29 bits per heavy atom. The number of thioether (sulfide) groups is 1. The molecule has 2 rings (SSSR count). The van der Waals surface area contributed by atoms with E-state index in [9.17, 15) is 0 Å². The molecule has 90 valence electrons. The fraction of sp³-hybridized carbons (Fsp3) is 0.385. The molecule has 1 atom stereocenters. The van der Waals surface area contributed by atoms with Crippen molar-refractivity contribution in [3.05, 3.63) is 30.6 Å². The average Bonchev–Trinajstić information content (AvgIpc) is 2.40. The summed E-state index contributed by atoms with van der Waals surface area (Å²) < 4.78 is 0. The fourth-order valence-electron chi connectivity index (χ4n) is 1.59. The Labute approximate surface area is 112 Å². The van der Waals surface area contributed by atoms with Crippen molar-refractivity contribution in [3.8, 4) is 0 Å². The Balaban J connectivity index is 2.18. The van der Waals surface area contributed by atoms with Crippen LogP contribution in [0.5, 0.6) is 0 Å². The summed E-state index contributed by atoms with van der Waals surface area (Å²) >= 11 is 6.18. The molecule has 0 bridgehead atoms. The molecule has 1 heterocycles. The van der Waals surface area contributed by atoms with Gasteiger partial charge in [0.1, 0.15) is 11.4 Å². The Bertz CT molecular complexity index is 478. The molecule has 0 aliphatic heterocycles. The fourth-order valence-corrected chi connectivity index (χ4v) is 3.35. The van der Waals surface area contributed by atoms with E-state index in [-0.39, 0.29) is 0 Å². The van der Waals surface area contributed by atoms with E-state index < -0.39 is 0 Å². The molecule has 1 aromatic heterocycles. The Morgan fingerprint density at radius 3 is 2.88 bits per heavy atom. The summed E-state index contributed by atoms with van der Waals surface area (Å²) in [5.74, 6) is 2.66. The summed E-state index contributed by atoms with van der Waals surface area (Å²) in [4.78, 5) is 8.64. The molecular weight excluding hydrogens is 248 g/mol. The largest absolute Gasteiger partial charge is 0.236 e. The third-order valence-electron chi connectivity index (χ3n) is 2.80. The summed E-state index contributed by atoms with van der Waals surface area (Å²) in [6.07, 6.45) is 2.81. The summed E-state index contributed by atoms with van der Waals surface area (Å²) in [7, 11) is 0. The Kier molecular flexibility index (Phi) is 4.68. The van der Waals surface area contributed by atoms with E-state index in [0.29, 0.717) is 5.92 Å². The lowest BCUT2D eigenvalue weighted by molar-refractivity contribution is 0.649. The minimum atomic E-state index is 0.650. The number of aromatic nitrogens is 2. The molecule has 0 amide bonds. The van der Waals surface area contributed by atoms with Gasteiger partial charge in [0, 0.05) is 11.1 Å². The summed E-state index contributed by atoms with van der Waals surface area (Å²) in [6, 6.07) is 8.15. The van der Waals surface area contributed by atoms with Gasteiger partial charge in [-0.25, -0.2) is 9.97 Å². The van der Waals surface area contributed by atoms with Gasteiger partial charge >= 0.3 is 0 Å². The predicted molar refractivity (Wildman–Crippen MR) is 77.9 cm³/mol. The lowest BCUT2D eigenvalue weighted by Crippen LogP contribution is -2.04. The van der Waals surface area contributed by atoms with E-state index in [2.05, 4.69) is 35.6 Å². The Morgan fingerprint density at radius 2 is 2.12 bits per heavy atom. The number of hydrogen-bond donors (Lipinski definition) is 1. The number of para-hydroxylation sites is 1. The molecule has 2 aromatic rings. The smallest absolute Gasteiger partial charge is 0.117 e. The van der Waals surface area contributed by atoms with Crippen LogP contribution in [0.2, 0.25) is 0 Å². The first-order chi connectivity index (χ1) is 8.35. The van der Waals surface area contributed by atoms with Crippen LogP contribution < -0.4 is 0 Å². The van der Waals surface area contributed by atoms with Gasteiger partial charge < -0.3 is 0 Å². The SMILES string of the molecule is CCC(CS)CSc1ncnc2ccccc12. The minimum Gasteiger partial charge on any atom is -0.236 e. The highest BCUT2D eigenvalue weighted by Gasteiger charge is 2.08. The number of rotatable bonds is 5. The average molecular weight is 264 g/mol. The second kappa shape index (κ2) is 6.26. The molecule has 0 radical (unpaired) electrons. The van der Waals surface area contributed by atoms with Crippen molar-refractivity contribution >= 4 is 35.3 Å². The number of fused-ring (bicyclic) bond motifs is 1. The van der Waals surface area contributed by atoms with E-state index in [1.807, 2.05) is 30.0 Å². The number of thiol groups is 1. The van der Waals surface area contributed by atoms with Crippen LogP contribution in [0.15, 0.2) is 35.6 Å². The van der Waals surface area contributed by atoms with Crippen molar-refractivity contribution in [2.75, 3.05) is 11.5 Å². The van der Waals surface area contributed by atoms with Crippen molar-refractivity contribution in [2.24, 2.45) is 5.92 Å². The van der Waals surface area contributed by atoms with Crippen molar-refractivity contribution in [1.82, 2.24) is 9.97 Å². The topological polar surface area (TPSA) is 25.8 Å². The van der Waals surface area contributed by atoms with E-state index in [1.165, 1.54) is 6.42 Å². The lowest BCUT2D eigenvalue weighted by Gasteiger charge is -2.11. The molecule has 0 N–H and O–H groups in total. The van der Waals surface area contributed by atoms with Gasteiger partial charge in [0.25, 0.3) is 0 Å². The van der Waals surface area contributed by atoms with Gasteiger partial charge in [-0.1, -0.05) is 31.5 Å². The van der Waals surface area contributed by atoms with Crippen LogP contribution >= 0.6 is 24.4 Å². The van der Waals surface area contributed by atoms with E-state index in [4.69, 9.17) is 0 Å². The van der Waals surface area contributed by atoms with Gasteiger partial charge in [0.05, 0.1) is 5.52 Å². The molecule has 0 fully saturated rings. The molecule has 17 heavy (non-hydrogen) atoms. The van der Waals surface area contributed by atoms with Gasteiger partial charge in [0.15, 0.2) is 0 Å². The number of nitrogens with zero attached hydrogens (tertiary/aromatic N) is 2. The molecule has 0 saturated heterocycles. The highest BCUT2D eigenvalue weighted by molar-refractivity contribution is 7.99. The summed E-state index contributed by atoms with van der Waals surface area (Å²) in [6.45, 7) is 2.21. The van der Waals surface area contributed by atoms with Crippen LogP contribution in [0, 0.1) is 5.92 Å². The van der Waals surface area contributed by atoms with Crippen LogP contribution in [0.4, 0.5) is 0 Å². The maximum Gasteiger partial charge on any atom is 0.117 e. The highest BCUT2D eigenvalue weighted by Crippen LogP contribution is 2.26. The van der Waals surface area contributed by atoms with E-state index in [1.54, 1.807) is 6.33 Å². The zero-order chi connectivity index (χ0) is 12.1. The van der Waals surface area contributed by atoms with Gasteiger partial charge in [-0.05, 0) is 17.7 Å². The molecule has 0 aliphatic carbocycles. The number of hydrogen-bond acceptors (Lipinski definition) is 4. The lowest BCUT2D eigenvalue weighted by atomic mass is 10.2. The first kappa shape index (κ1) is 12.7. The quantitative estimate of drug-likeness (QED) is 0.507. The number of benzene rings is 1. The second-order valence-corrected chi connectivity index (χ2v) is 5.34. The van der Waals surface area contributed by atoms with Crippen molar-refractivity contribution in [3.63, 3.8) is 0 Å². The first-order valence-electron chi connectivity index (χ1n) is 5.78. The normalized spacial score (nSPS) is 12.8. The van der Waals surface area contributed by atoms with E-state index in [0.717, 1.165) is 27.4 Å². The van der Waals surface area contributed by atoms with Gasteiger partial charge in [-0.2, -0.15) is 12.6 Å². The molecule has 1 aromatic carbocycles. The maximum atomic E-state index is 4.37. The molecular formula is C13H16N2S2. The predicted octanol–water partition coefficient (Wildman–Crippen LogP) is 3.68. The first-order valence-corrected chi connectivity index (χ1v) is 7.40. The minimum absolute atomic E-state index is 0.650. The van der Waals surface area contributed by atoms with Crippen LogP contribution in [0.3, 0.4) is 0 Å². The molecule has 0 spiro atoms.